The number of carbonyl (C=O) groups excluding carboxylic acids is 3. The molecule has 0 spiro atoms. The largest absolute Gasteiger partial charge is 0.299 e. The minimum absolute atomic E-state index is 0.00899. The molecule has 0 aromatic rings. The van der Waals surface area contributed by atoms with Crippen LogP contribution in [0.1, 0.15) is 88.5 Å². The Labute approximate surface area is 195 Å². The van der Waals surface area contributed by atoms with E-state index in [9.17, 15) is 14.4 Å². The molecule has 0 radical (unpaired) electrons. The molecule has 0 saturated heterocycles. The molecule has 3 heteroatoms. The van der Waals surface area contributed by atoms with E-state index in [1.807, 2.05) is 6.92 Å². The second-order valence-electron chi connectivity index (χ2n) is 13.0. The van der Waals surface area contributed by atoms with Crippen LogP contribution in [0.5, 0.6) is 0 Å². The van der Waals surface area contributed by atoms with Crippen molar-refractivity contribution in [3.05, 3.63) is 11.1 Å². The molecule has 0 N–H and O–H groups in total. The maximum absolute atomic E-state index is 14.4. The fourth-order valence-corrected chi connectivity index (χ4v) is 9.73. The van der Waals surface area contributed by atoms with E-state index in [1.54, 1.807) is 0 Å². The van der Waals surface area contributed by atoms with Gasteiger partial charge in [0.1, 0.15) is 5.78 Å². The van der Waals surface area contributed by atoms with Crippen LogP contribution in [-0.4, -0.2) is 17.3 Å². The summed E-state index contributed by atoms with van der Waals surface area (Å²) < 4.78 is 0. The zero-order valence-corrected chi connectivity index (χ0v) is 22.0. The number of carbonyl (C=O) groups is 3. The molecule has 0 bridgehead atoms. The Morgan fingerprint density at radius 1 is 0.938 bits per heavy atom. The Morgan fingerprint density at radius 3 is 2.09 bits per heavy atom. The van der Waals surface area contributed by atoms with E-state index in [1.165, 1.54) is 13.3 Å². The monoisotopic (exact) mass is 440 g/mol. The van der Waals surface area contributed by atoms with E-state index in [0.29, 0.717) is 35.0 Å². The number of Topliss-reactive ketones (excluding diaryl/α,β-unsaturated/α-hetero) is 3. The van der Waals surface area contributed by atoms with Crippen molar-refractivity contribution in [3.8, 4) is 0 Å². The van der Waals surface area contributed by atoms with Crippen LogP contribution in [0.3, 0.4) is 0 Å². The Kier molecular flexibility index (Phi) is 5.32. The first-order chi connectivity index (χ1) is 14.7. The van der Waals surface area contributed by atoms with Gasteiger partial charge in [-0.3, -0.25) is 14.4 Å². The minimum atomic E-state index is -0.706. The molecule has 4 aliphatic carbocycles. The first-order valence-electron chi connectivity index (χ1n) is 13.0. The summed E-state index contributed by atoms with van der Waals surface area (Å²) >= 11 is 0. The Balaban J connectivity index is 1.93. The Morgan fingerprint density at radius 2 is 1.53 bits per heavy atom. The zero-order valence-electron chi connectivity index (χ0n) is 22.0. The number of allylic oxidation sites excluding steroid dienone is 2. The fraction of sp³-hybridized carbons (Fsp3) is 0.828. The molecular weight excluding hydrogens is 396 g/mol. The highest BCUT2D eigenvalue weighted by molar-refractivity contribution is 6.22. The maximum Gasteiger partial charge on any atom is 0.173 e. The molecule has 3 fully saturated rings. The summed E-state index contributed by atoms with van der Waals surface area (Å²) in [5, 5.41) is 0. The van der Waals surface area contributed by atoms with E-state index in [-0.39, 0.29) is 46.1 Å². The molecule has 11 unspecified atom stereocenters. The molecule has 0 aromatic heterocycles. The molecule has 4 aliphatic rings. The van der Waals surface area contributed by atoms with Crippen LogP contribution in [0, 0.1) is 63.6 Å². The minimum Gasteiger partial charge on any atom is -0.299 e. The van der Waals surface area contributed by atoms with Gasteiger partial charge in [0.2, 0.25) is 0 Å². The van der Waals surface area contributed by atoms with E-state index in [0.717, 1.165) is 18.4 Å². The fourth-order valence-electron chi connectivity index (χ4n) is 9.73. The predicted octanol–water partition coefficient (Wildman–Crippen LogP) is 6.30. The van der Waals surface area contributed by atoms with Crippen LogP contribution >= 0.6 is 0 Å². The third-order valence-corrected chi connectivity index (χ3v) is 12.4. The summed E-state index contributed by atoms with van der Waals surface area (Å²) in [5.74, 6) is 2.25. The van der Waals surface area contributed by atoms with Gasteiger partial charge in [-0.15, -0.1) is 0 Å². The molecule has 3 saturated carbocycles. The highest BCUT2D eigenvalue weighted by Gasteiger charge is 2.73. The van der Waals surface area contributed by atoms with E-state index >= 15 is 0 Å². The molecule has 3 nitrogen and oxygen atoms in total. The van der Waals surface area contributed by atoms with Crippen molar-refractivity contribution < 1.29 is 14.4 Å². The highest BCUT2D eigenvalue weighted by Crippen LogP contribution is 2.73. The van der Waals surface area contributed by atoms with Gasteiger partial charge in [-0.05, 0) is 73.0 Å². The smallest absolute Gasteiger partial charge is 0.173 e. The van der Waals surface area contributed by atoms with Crippen LogP contribution in [-0.2, 0) is 14.4 Å². The third kappa shape index (κ3) is 2.52. The molecule has 178 valence electrons. The second kappa shape index (κ2) is 7.12. The average molecular weight is 441 g/mol. The summed E-state index contributed by atoms with van der Waals surface area (Å²) in [6.07, 6.45) is 3.12. The number of rotatable bonds is 1. The third-order valence-electron chi connectivity index (χ3n) is 12.4. The zero-order chi connectivity index (χ0) is 24.1. The van der Waals surface area contributed by atoms with Gasteiger partial charge in [0.15, 0.2) is 11.6 Å². The molecule has 0 aromatic carbocycles. The summed E-state index contributed by atoms with van der Waals surface area (Å²) in [6.45, 7) is 21.7. The topological polar surface area (TPSA) is 51.2 Å². The first-order valence-corrected chi connectivity index (χ1v) is 13.0. The van der Waals surface area contributed by atoms with Gasteiger partial charge in [-0.1, -0.05) is 67.4 Å². The Bertz CT molecular complexity index is 913. The summed E-state index contributed by atoms with van der Waals surface area (Å²) in [6, 6.07) is 0. The van der Waals surface area contributed by atoms with Crippen LogP contribution in [0.25, 0.3) is 0 Å². The molecule has 32 heavy (non-hydrogen) atoms. The van der Waals surface area contributed by atoms with Crippen molar-refractivity contribution in [3.63, 3.8) is 0 Å². The van der Waals surface area contributed by atoms with E-state index in [4.69, 9.17) is 0 Å². The second-order valence-corrected chi connectivity index (χ2v) is 13.0. The van der Waals surface area contributed by atoms with Crippen LogP contribution < -0.4 is 0 Å². The summed E-state index contributed by atoms with van der Waals surface area (Å²) in [4.78, 5) is 41.0. The van der Waals surface area contributed by atoms with Gasteiger partial charge in [0.25, 0.3) is 0 Å². The van der Waals surface area contributed by atoms with Crippen molar-refractivity contribution in [1.29, 1.82) is 0 Å². The molecule has 11 atom stereocenters. The molecule has 4 rings (SSSR count). The van der Waals surface area contributed by atoms with Crippen molar-refractivity contribution in [2.24, 2.45) is 63.6 Å². The lowest BCUT2D eigenvalue weighted by Crippen LogP contribution is -2.71. The number of hydrogen-bond donors (Lipinski definition) is 0. The van der Waals surface area contributed by atoms with Crippen molar-refractivity contribution in [2.45, 2.75) is 88.5 Å². The van der Waals surface area contributed by atoms with Crippen molar-refractivity contribution >= 4 is 17.3 Å². The number of hydrogen-bond acceptors (Lipinski definition) is 3. The van der Waals surface area contributed by atoms with Crippen LogP contribution in [0.2, 0.25) is 0 Å². The van der Waals surface area contributed by atoms with Gasteiger partial charge in [0.05, 0.1) is 5.57 Å². The van der Waals surface area contributed by atoms with E-state index < -0.39 is 5.41 Å². The van der Waals surface area contributed by atoms with Crippen molar-refractivity contribution in [1.82, 2.24) is 0 Å². The maximum atomic E-state index is 14.4. The summed E-state index contributed by atoms with van der Waals surface area (Å²) in [5.41, 5.74) is 0.230. The normalized spacial score (nSPS) is 53.4. The molecular formula is C29H44O3. The molecule has 0 aliphatic heterocycles. The lowest BCUT2D eigenvalue weighted by molar-refractivity contribution is -0.223. The van der Waals surface area contributed by atoms with Crippen LogP contribution in [0.15, 0.2) is 11.1 Å². The van der Waals surface area contributed by atoms with Gasteiger partial charge < -0.3 is 0 Å². The number of ketones is 3. The highest BCUT2D eigenvalue weighted by atomic mass is 16.2. The van der Waals surface area contributed by atoms with E-state index in [2.05, 4.69) is 55.4 Å². The number of fused-ring (bicyclic) bond motifs is 3. The first kappa shape index (κ1) is 23.9. The Hall–Kier alpha value is -1.25. The lowest BCUT2D eigenvalue weighted by atomic mass is 9.31. The average Bonchev–Trinajstić information content (AvgIpc) is 2.70. The standard InChI is InChI=1S/C29H44O3/c1-14-11-12-21-17(4)28(9)20(7)27(8)13-15(2)22(19(6)30)26(32)29(27,10)18(5)24(28)25(31)23(21)16(14)3/h14,16-18,20-21,23-24H,11-13H2,1-10H3. The molecule has 0 heterocycles. The lowest BCUT2D eigenvalue weighted by Gasteiger charge is -2.71. The summed E-state index contributed by atoms with van der Waals surface area (Å²) in [7, 11) is 0. The van der Waals surface area contributed by atoms with Gasteiger partial charge in [0, 0.05) is 17.3 Å². The van der Waals surface area contributed by atoms with Crippen LogP contribution in [0.4, 0.5) is 0 Å². The SMILES string of the molecule is CC(=O)C1=C(C)CC2(C)C(C)C3(C)C(C)C4CCC(C)C(C)C4C(=O)C3C(C)C2(C)C1=O. The van der Waals surface area contributed by atoms with Crippen molar-refractivity contribution in [2.75, 3.05) is 0 Å². The quantitative estimate of drug-likeness (QED) is 0.449. The van der Waals surface area contributed by atoms with Gasteiger partial charge >= 0.3 is 0 Å². The predicted molar refractivity (Wildman–Crippen MR) is 128 cm³/mol. The van der Waals surface area contributed by atoms with Gasteiger partial charge in [-0.2, -0.15) is 0 Å². The van der Waals surface area contributed by atoms with Gasteiger partial charge in [-0.25, -0.2) is 0 Å². The molecule has 0 amide bonds.